The Labute approximate surface area is 131 Å². The van der Waals surface area contributed by atoms with Crippen molar-refractivity contribution in [2.24, 2.45) is 0 Å². The zero-order chi connectivity index (χ0) is 18.4. The molecule has 0 aromatic heterocycles. The lowest BCUT2D eigenvalue weighted by molar-refractivity contribution is -0.140. The molecule has 0 aliphatic rings. The minimum Gasteiger partial charge on any atom is -0.465 e. The summed E-state index contributed by atoms with van der Waals surface area (Å²) in [5, 5.41) is 0. The van der Waals surface area contributed by atoms with Crippen molar-refractivity contribution < 1.29 is 45.4 Å². The van der Waals surface area contributed by atoms with Crippen molar-refractivity contribution in [3.63, 3.8) is 0 Å². The van der Waals surface area contributed by atoms with E-state index in [1.165, 1.54) is 6.92 Å². The van der Waals surface area contributed by atoms with E-state index in [9.17, 15) is 35.9 Å². The van der Waals surface area contributed by atoms with Gasteiger partial charge in [0.05, 0.1) is 25.4 Å². The molecule has 0 aliphatic carbocycles. The highest BCUT2D eigenvalue weighted by Gasteiger charge is 2.44. The van der Waals surface area contributed by atoms with Gasteiger partial charge in [0.1, 0.15) is 4.91 Å². The van der Waals surface area contributed by atoms with Crippen molar-refractivity contribution in [2.75, 3.05) is 20.0 Å². The summed E-state index contributed by atoms with van der Waals surface area (Å²) >= 11 is 0.427. The first-order chi connectivity index (χ1) is 10.4. The van der Waals surface area contributed by atoms with Crippen LogP contribution in [-0.4, -0.2) is 44.3 Å². The number of methoxy groups -OCH3 is 2. The Morgan fingerprint density at radius 3 is 1.78 bits per heavy atom. The van der Waals surface area contributed by atoms with Crippen LogP contribution in [0, 0.1) is 0 Å². The molecule has 0 N–H and O–H groups in total. The molecule has 23 heavy (non-hydrogen) atoms. The molecule has 0 unspecified atom stereocenters. The second-order valence-electron chi connectivity index (χ2n) is 3.72. The van der Waals surface area contributed by atoms with E-state index in [4.69, 9.17) is 0 Å². The van der Waals surface area contributed by atoms with Gasteiger partial charge in [0.25, 0.3) is 0 Å². The molecule has 0 heterocycles. The minimum atomic E-state index is -5.55. The maximum absolute atomic E-state index is 13.0. The number of alkyl halides is 6. The first-order valence-corrected chi connectivity index (χ1v) is 6.78. The van der Waals surface area contributed by atoms with Gasteiger partial charge in [-0.25, -0.2) is 9.59 Å². The van der Waals surface area contributed by atoms with Crippen LogP contribution in [-0.2, 0) is 19.1 Å². The molecule has 0 aliphatic heterocycles. The van der Waals surface area contributed by atoms with Gasteiger partial charge >= 0.3 is 24.3 Å². The lowest BCUT2D eigenvalue weighted by Gasteiger charge is -2.17. The average molecular weight is 366 g/mol. The Morgan fingerprint density at radius 2 is 1.48 bits per heavy atom. The molecule has 0 atom stereocenters. The highest BCUT2D eigenvalue weighted by Crippen LogP contribution is 2.39. The number of halogens is 6. The Morgan fingerprint density at radius 1 is 1.00 bits per heavy atom. The number of esters is 2. The summed E-state index contributed by atoms with van der Waals surface area (Å²) in [6.07, 6.45) is -12.0. The van der Waals surface area contributed by atoms with Crippen LogP contribution in [0.3, 0.4) is 0 Å². The number of carbonyl (C=O) groups excluding carboxylic acids is 2. The molecule has 0 fully saturated rings. The van der Waals surface area contributed by atoms with Crippen LogP contribution >= 0.6 is 11.8 Å². The number of thioether (sulfide) groups is 1. The second-order valence-corrected chi connectivity index (χ2v) is 4.99. The average Bonchev–Trinajstić information content (AvgIpc) is 2.42. The van der Waals surface area contributed by atoms with Crippen LogP contribution in [0.25, 0.3) is 0 Å². The van der Waals surface area contributed by atoms with Crippen LogP contribution in [0.2, 0.25) is 0 Å². The molecule has 0 aromatic carbocycles. The molecule has 0 radical (unpaired) electrons. The summed E-state index contributed by atoms with van der Waals surface area (Å²) in [7, 11) is 1.49. The Hall–Kier alpha value is -1.65. The summed E-state index contributed by atoms with van der Waals surface area (Å²) in [6.45, 7) is 1.42. The molecule has 0 aromatic rings. The lowest BCUT2D eigenvalue weighted by atomic mass is 10.0. The summed E-state index contributed by atoms with van der Waals surface area (Å²) in [4.78, 5) is 22.3. The normalized spacial score (nSPS) is 14.2. The van der Waals surface area contributed by atoms with Gasteiger partial charge in [0.2, 0.25) is 0 Å². The molecule has 0 amide bonds. The second kappa shape index (κ2) is 8.27. The third-order valence-corrected chi connectivity index (χ3v) is 3.11. The topological polar surface area (TPSA) is 52.6 Å². The zero-order valence-electron chi connectivity index (χ0n) is 12.1. The number of rotatable bonds is 5. The van der Waals surface area contributed by atoms with Gasteiger partial charge in [-0.05, 0) is 5.75 Å². The van der Waals surface area contributed by atoms with Crippen LogP contribution in [0.15, 0.2) is 22.1 Å². The van der Waals surface area contributed by atoms with E-state index in [2.05, 4.69) is 9.47 Å². The maximum Gasteiger partial charge on any atom is 0.417 e. The number of allylic oxidation sites excluding steroid dienone is 1. The SMILES string of the molecule is CCS/C(C(=O)OC)=C(C(=O)OC)\C(=C/C(F)(F)F)C(F)(F)F. The third kappa shape index (κ3) is 6.55. The fraction of sp³-hybridized carbons (Fsp3) is 0.500. The molecule has 0 saturated carbocycles. The first-order valence-electron chi connectivity index (χ1n) is 5.79. The lowest BCUT2D eigenvalue weighted by Crippen LogP contribution is -2.25. The fourth-order valence-corrected chi connectivity index (χ4v) is 2.18. The molecule has 0 bridgehead atoms. The number of carbonyl (C=O) groups is 2. The molecule has 0 rings (SSSR count). The number of hydrogen-bond donors (Lipinski definition) is 0. The molecular weight excluding hydrogens is 354 g/mol. The van der Waals surface area contributed by atoms with Crippen molar-refractivity contribution in [3.8, 4) is 0 Å². The van der Waals surface area contributed by atoms with Gasteiger partial charge in [0, 0.05) is 6.08 Å². The van der Waals surface area contributed by atoms with Crippen LogP contribution in [0.4, 0.5) is 26.3 Å². The predicted molar refractivity (Wildman–Crippen MR) is 69.4 cm³/mol. The Balaban J connectivity index is 6.69. The van der Waals surface area contributed by atoms with Gasteiger partial charge in [-0.15, -0.1) is 11.8 Å². The van der Waals surface area contributed by atoms with Crippen LogP contribution in [0.1, 0.15) is 6.92 Å². The van der Waals surface area contributed by atoms with Crippen LogP contribution < -0.4 is 0 Å². The van der Waals surface area contributed by atoms with Crippen molar-refractivity contribution in [1.29, 1.82) is 0 Å². The van der Waals surface area contributed by atoms with E-state index in [1.54, 1.807) is 0 Å². The third-order valence-electron chi connectivity index (χ3n) is 2.16. The molecule has 132 valence electrons. The van der Waals surface area contributed by atoms with Crippen molar-refractivity contribution >= 4 is 23.7 Å². The van der Waals surface area contributed by atoms with Gasteiger partial charge in [-0.2, -0.15) is 26.3 Å². The first kappa shape index (κ1) is 21.4. The number of hydrogen-bond acceptors (Lipinski definition) is 5. The highest BCUT2D eigenvalue weighted by atomic mass is 32.2. The summed E-state index contributed by atoms with van der Waals surface area (Å²) in [5.41, 5.74) is -3.88. The Kier molecular flexibility index (Phi) is 7.68. The quantitative estimate of drug-likeness (QED) is 0.323. The van der Waals surface area contributed by atoms with Gasteiger partial charge in [-0.1, -0.05) is 6.92 Å². The smallest absolute Gasteiger partial charge is 0.417 e. The van der Waals surface area contributed by atoms with Crippen molar-refractivity contribution in [3.05, 3.63) is 22.1 Å². The predicted octanol–water partition coefficient (Wildman–Crippen LogP) is 3.39. The van der Waals surface area contributed by atoms with E-state index in [-0.39, 0.29) is 5.75 Å². The minimum absolute atomic E-state index is 0.00207. The van der Waals surface area contributed by atoms with Crippen molar-refractivity contribution in [2.45, 2.75) is 19.3 Å². The van der Waals surface area contributed by atoms with Crippen molar-refractivity contribution in [1.82, 2.24) is 0 Å². The van der Waals surface area contributed by atoms with E-state index in [0.29, 0.717) is 18.9 Å². The summed E-state index contributed by atoms with van der Waals surface area (Å²) in [6, 6.07) is 0. The maximum atomic E-state index is 13.0. The fourth-order valence-electron chi connectivity index (χ4n) is 1.36. The monoisotopic (exact) mass is 366 g/mol. The largest absolute Gasteiger partial charge is 0.465 e. The van der Waals surface area contributed by atoms with Gasteiger partial charge < -0.3 is 9.47 Å². The van der Waals surface area contributed by atoms with E-state index in [1.807, 2.05) is 0 Å². The van der Waals surface area contributed by atoms with E-state index >= 15 is 0 Å². The summed E-state index contributed by atoms with van der Waals surface area (Å²) in [5.74, 6) is -3.11. The van der Waals surface area contributed by atoms with E-state index in [0.717, 1.165) is 7.11 Å². The standard InChI is InChI=1S/C12H12F6O4S/c1-4-23-8(10(20)22-3)7(9(19)21-2)6(12(16,17)18)5-11(13,14)15/h5H,4H2,1-3H3/b6-5+,8-7+. The number of ether oxygens (including phenoxy) is 2. The van der Waals surface area contributed by atoms with Gasteiger partial charge in [0.15, 0.2) is 0 Å². The van der Waals surface area contributed by atoms with E-state index < -0.39 is 46.4 Å². The molecule has 0 saturated heterocycles. The van der Waals surface area contributed by atoms with Crippen LogP contribution in [0.5, 0.6) is 0 Å². The summed E-state index contributed by atoms with van der Waals surface area (Å²) < 4.78 is 84.6. The molecule has 11 heteroatoms. The zero-order valence-corrected chi connectivity index (χ0v) is 12.9. The van der Waals surface area contributed by atoms with Gasteiger partial charge in [-0.3, -0.25) is 0 Å². The Bertz CT molecular complexity index is 519. The molecule has 0 spiro atoms. The highest BCUT2D eigenvalue weighted by molar-refractivity contribution is 8.04. The molecular formula is C12H12F6O4S. The molecule has 4 nitrogen and oxygen atoms in total.